The quantitative estimate of drug-likeness (QED) is 0.0148. The third-order valence-corrected chi connectivity index (χ3v) is 17.9. The van der Waals surface area contributed by atoms with Crippen molar-refractivity contribution in [3.8, 4) is 28.4 Å². The minimum absolute atomic E-state index is 0.0367. The Morgan fingerprint density at radius 2 is 1.03 bits per heavy atom. The Balaban J connectivity index is 0.782. The SMILES string of the molecule is COc1cccc(OC)c1-c1cc(C(=O)NC2(C(=O)O)C3CC4CC(C3)CC2C4)nn1-c1ccc(NCCOCCOCCOCCOOCCCCNC(=O)CN2CCN(CC(=O)OC(C)(C)C)CCN(CC(=O)OC(C)(C)C)CCN(CC(=O)OC(C)(C)C)CC2)cc1C(C)C. The molecular formula is C72H113N9O17. The monoisotopic (exact) mass is 1380 g/mol. The molecule has 5 fully saturated rings. The Hall–Kier alpha value is -6.49. The zero-order valence-corrected chi connectivity index (χ0v) is 60.6. The lowest BCUT2D eigenvalue weighted by atomic mass is 9.48. The second-order valence-corrected chi connectivity index (χ2v) is 29.6. The molecule has 0 radical (unpaired) electrons. The number of nitrogens with one attached hydrogen (secondary N) is 3. The summed E-state index contributed by atoms with van der Waals surface area (Å²) in [5.41, 5.74) is 0.515. The Kier molecular flexibility index (Phi) is 30.0. The van der Waals surface area contributed by atoms with Crippen LogP contribution in [-0.2, 0) is 62.2 Å². The van der Waals surface area contributed by atoms with Gasteiger partial charge in [-0.3, -0.25) is 43.6 Å². The van der Waals surface area contributed by atoms with Gasteiger partial charge in [-0.05, 0) is 179 Å². The van der Waals surface area contributed by atoms with E-state index in [4.69, 9.17) is 52.8 Å². The van der Waals surface area contributed by atoms with Crippen LogP contribution >= 0.6 is 0 Å². The zero-order valence-electron chi connectivity index (χ0n) is 60.6. The number of carboxylic acids is 1. The summed E-state index contributed by atoms with van der Waals surface area (Å²) in [5, 5.41) is 25.4. The van der Waals surface area contributed by atoms with Gasteiger partial charge < -0.3 is 59.0 Å². The summed E-state index contributed by atoms with van der Waals surface area (Å²) < 4.78 is 47.7. The largest absolute Gasteiger partial charge is 0.496 e. The molecule has 26 heteroatoms. The molecule has 4 bridgehead atoms. The van der Waals surface area contributed by atoms with E-state index in [1.807, 2.05) is 112 Å². The van der Waals surface area contributed by atoms with Crippen LogP contribution in [0.15, 0.2) is 42.5 Å². The fourth-order valence-corrected chi connectivity index (χ4v) is 13.7. The predicted molar refractivity (Wildman–Crippen MR) is 369 cm³/mol. The van der Waals surface area contributed by atoms with Crippen LogP contribution in [0.1, 0.15) is 143 Å². The maximum Gasteiger partial charge on any atom is 0.330 e. The summed E-state index contributed by atoms with van der Waals surface area (Å²) in [7, 11) is 3.16. The van der Waals surface area contributed by atoms with Gasteiger partial charge in [-0.15, -0.1) is 0 Å². The van der Waals surface area contributed by atoms with Crippen molar-refractivity contribution >= 4 is 41.4 Å². The molecule has 4 aliphatic carbocycles. The number of hydrogen-bond donors (Lipinski definition) is 4. The van der Waals surface area contributed by atoms with Crippen molar-refractivity contribution in [3.63, 3.8) is 0 Å². The molecule has 8 rings (SSSR count). The topological polar surface area (TPSA) is 282 Å². The fourth-order valence-electron chi connectivity index (χ4n) is 13.7. The van der Waals surface area contributed by atoms with E-state index in [-0.39, 0.29) is 80.0 Å². The maximum absolute atomic E-state index is 14.5. The molecule has 2 aromatic carbocycles. The van der Waals surface area contributed by atoms with Crippen LogP contribution in [0, 0.1) is 23.7 Å². The number of ether oxygens (including phenoxy) is 8. The molecule has 0 unspecified atom stereocenters. The lowest BCUT2D eigenvalue weighted by Gasteiger charge is -2.59. The Bertz CT molecular complexity index is 2970. The smallest absolute Gasteiger partial charge is 0.330 e. The molecule has 1 aliphatic heterocycles. The third-order valence-electron chi connectivity index (χ3n) is 17.9. The number of anilines is 1. The first-order valence-electron chi connectivity index (χ1n) is 35.1. The number of methoxy groups -OCH3 is 2. The number of carboxylic acid groups (broad SMARTS) is 1. The number of aliphatic carboxylic acids is 1. The van der Waals surface area contributed by atoms with Gasteiger partial charge in [0.15, 0.2) is 5.69 Å². The van der Waals surface area contributed by atoms with E-state index in [0.717, 1.165) is 49.0 Å². The molecule has 4 N–H and O–H groups in total. The summed E-state index contributed by atoms with van der Waals surface area (Å²) in [6, 6.07) is 13.2. The summed E-state index contributed by atoms with van der Waals surface area (Å²) in [5.74, 6) is -0.862. The first kappa shape index (κ1) is 78.8. The Morgan fingerprint density at radius 3 is 1.49 bits per heavy atom. The predicted octanol–water partition coefficient (Wildman–Crippen LogP) is 7.24. The highest BCUT2D eigenvalue weighted by atomic mass is 17.2. The number of unbranched alkanes of at least 4 members (excludes halogenated alkanes) is 1. The molecule has 0 spiro atoms. The van der Waals surface area contributed by atoms with Crippen molar-refractivity contribution < 1.29 is 81.5 Å². The average molecular weight is 1380 g/mol. The number of amides is 2. The zero-order chi connectivity index (χ0) is 71.2. The van der Waals surface area contributed by atoms with Crippen LogP contribution < -0.4 is 25.4 Å². The number of carbonyl (C=O) groups excluding carboxylic acids is 5. The van der Waals surface area contributed by atoms with Gasteiger partial charge in [0.05, 0.1) is 104 Å². The summed E-state index contributed by atoms with van der Waals surface area (Å²) >= 11 is 0. The van der Waals surface area contributed by atoms with Crippen molar-refractivity contribution in [1.29, 1.82) is 0 Å². The highest BCUT2D eigenvalue weighted by Crippen LogP contribution is 2.58. The van der Waals surface area contributed by atoms with Crippen LogP contribution in [0.4, 0.5) is 5.69 Å². The Labute approximate surface area is 579 Å². The van der Waals surface area contributed by atoms with Crippen molar-refractivity contribution in [3.05, 3.63) is 53.7 Å². The number of aromatic nitrogens is 2. The summed E-state index contributed by atoms with van der Waals surface area (Å²) in [4.78, 5) is 99.0. The van der Waals surface area contributed by atoms with Crippen LogP contribution in [0.2, 0.25) is 0 Å². The third kappa shape index (κ3) is 24.7. The second-order valence-electron chi connectivity index (χ2n) is 29.6. The standard InChI is InChI=1S/C72H113N9O17/c1-50(2)56-44-55(19-20-58(56)81-59(66-60(89-12)17-16-18-61(66)90-13)45-57(76-81)67(86)75-72(68(87)88)53-40-51-39-52(42-53)43-54(72)41-51)73-22-32-91-33-34-92-35-36-93-37-38-95-94-31-15-14-21-74-62(82)46-77-23-25-78(47-63(83)96-69(3,4)5)27-29-80(49-65(85)98-71(9,10)11)30-28-79(26-24-77)48-64(84)97-70(6,7)8/h16-20,44-45,50-54,73H,14-15,21-43,46-49H2,1-13H3,(H,74,82)(H,75,86)(H,87,88). The average Bonchev–Trinajstić information content (AvgIpc) is 0.817. The van der Waals surface area contributed by atoms with Gasteiger partial charge in [-0.1, -0.05) is 19.9 Å². The summed E-state index contributed by atoms with van der Waals surface area (Å²) in [6.07, 6.45) is 5.70. The Morgan fingerprint density at radius 1 is 0.571 bits per heavy atom. The molecule has 1 aromatic heterocycles. The van der Waals surface area contributed by atoms with Crippen LogP contribution in [0.25, 0.3) is 16.9 Å². The lowest BCUT2D eigenvalue weighted by Crippen LogP contribution is -2.70. The van der Waals surface area contributed by atoms with E-state index >= 15 is 0 Å². The number of hydrogen-bond acceptors (Lipinski definition) is 22. The number of nitrogens with zero attached hydrogens (tertiary/aromatic N) is 6. The minimum atomic E-state index is -1.34. The molecule has 98 heavy (non-hydrogen) atoms. The lowest BCUT2D eigenvalue weighted by molar-refractivity contribution is -0.299. The van der Waals surface area contributed by atoms with E-state index < -0.39 is 34.2 Å². The highest BCUT2D eigenvalue weighted by Gasteiger charge is 2.62. The van der Waals surface area contributed by atoms with Crippen LogP contribution in [0.5, 0.6) is 11.5 Å². The molecule has 4 saturated carbocycles. The van der Waals surface area contributed by atoms with E-state index in [9.17, 15) is 33.9 Å². The summed E-state index contributed by atoms with van der Waals surface area (Å²) in [6.45, 7) is 28.2. The molecule has 5 aliphatic rings. The normalized spacial score (nSPS) is 20.7. The molecule has 0 atom stereocenters. The van der Waals surface area contributed by atoms with Crippen molar-refractivity contribution in [1.82, 2.24) is 40.0 Å². The molecule has 548 valence electrons. The van der Waals surface area contributed by atoms with Crippen molar-refractivity contribution in [2.45, 2.75) is 149 Å². The number of esters is 3. The van der Waals surface area contributed by atoms with Gasteiger partial charge in [-0.2, -0.15) is 5.10 Å². The van der Waals surface area contributed by atoms with Crippen molar-refractivity contribution in [2.75, 3.05) is 164 Å². The van der Waals surface area contributed by atoms with E-state index in [2.05, 4.69) is 35.9 Å². The van der Waals surface area contributed by atoms with E-state index in [1.165, 1.54) is 0 Å². The molecule has 3 aromatic rings. The van der Waals surface area contributed by atoms with Gasteiger partial charge in [0, 0.05) is 71.1 Å². The first-order valence-corrected chi connectivity index (χ1v) is 35.1. The van der Waals surface area contributed by atoms with Gasteiger partial charge in [0.1, 0.15) is 40.4 Å². The van der Waals surface area contributed by atoms with E-state index in [0.29, 0.717) is 159 Å². The number of rotatable bonds is 35. The number of benzene rings is 2. The minimum Gasteiger partial charge on any atom is -0.496 e. The molecule has 2 amide bonds. The van der Waals surface area contributed by atoms with Gasteiger partial charge in [0.2, 0.25) is 5.91 Å². The van der Waals surface area contributed by atoms with E-state index in [1.54, 1.807) is 25.0 Å². The van der Waals surface area contributed by atoms with Gasteiger partial charge >= 0.3 is 23.9 Å². The van der Waals surface area contributed by atoms with Crippen molar-refractivity contribution in [2.24, 2.45) is 23.7 Å². The van der Waals surface area contributed by atoms with Crippen LogP contribution in [0.3, 0.4) is 0 Å². The first-order chi connectivity index (χ1) is 46.5. The van der Waals surface area contributed by atoms with Gasteiger partial charge in [-0.25, -0.2) is 19.3 Å². The molecule has 1 saturated heterocycles. The fraction of sp³-hybridized carbons (Fsp3) is 0.708. The second kappa shape index (κ2) is 37.3. The molecule has 2 heterocycles. The maximum atomic E-state index is 14.5. The highest BCUT2D eigenvalue weighted by molar-refractivity contribution is 5.98. The molecular weight excluding hydrogens is 1260 g/mol. The van der Waals surface area contributed by atoms with Crippen LogP contribution in [-0.4, -0.2) is 251 Å². The van der Waals surface area contributed by atoms with Gasteiger partial charge in [0.25, 0.3) is 5.91 Å². The molecule has 26 nitrogen and oxygen atoms in total. The number of carbonyl (C=O) groups is 6.